The zero-order valence-corrected chi connectivity index (χ0v) is 19.2. The molecular weight excluding hydrogens is 432 g/mol. The lowest BCUT2D eigenvalue weighted by molar-refractivity contribution is -0.393. The van der Waals surface area contributed by atoms with Gasteiger partial charge in [0, 0.05) is 30.8 Å². The third-order valence-corrected chi connectivity index (χ3v) is 6.90. The number of nitro groups is 2. The molecular formula is C18H28N4O8S. The predicted molar refractivity (Wildman–Crippen MR) is 114 cm³/mol. The Balaban J connectivity index is 4.00. The molecule has 1 rings (SSSR count). The minimum atomic E-state index is -4.64. The van der Waals surface area contributed by atoms with Gasteiger partial charge in [-0.15, -0.1) is 0 Å². The standard InChI is InChI=1S/C18H28N4O8S/c1-7-12(4)20(13(5)8-2)17-15(21(24)25)10-14(11-16(17)22(26)27)31(28,29)19(9-3)18(23)30-6/h10-13H,7-9H2,1-6H3. The number of rotatable bonds is 10. The van der Waals surface area contributed by atoms with Crippen molar-refractivity contribution < 1.29 is 27.8 Å². The molecule has 0 saturated heterocycles. The second-order valence-corrected chi connectivity index (χ2v) is 8.75. The molecule has 0 spiro atoms. The Morgan fingerprint density at radius 3 is 1.74 bits per heavy atom. The van der Waals surface area contributed by atoms with Gasteiger partial charge in [0.15, 0.2) is 5.69 Å². The average Bonchev–Trinajstić information content (AvgIpc) is 2.72. The number of carbonyl (C=O) groups excluding carboxylic acids is 1. The van der Waals surface area contributed by atoms with Crippen LogP contribution in [0.5, 0.6) is 0 Å². The van der Waals surface area contributed by atoms with Crippen LogP contribution in [0.25, 0.3) is 0 Å². The van der Waals surface area contributed by atoms with Crippen molar-refractivity contribution in [2.75, 3.05) is 18.6 Å². The molecule has 13 heteroatoms. The van der Waals surface area contributed by atoms with E-state index in [1.807, 2.05) is 13.8 Å². The van der Waals surface area contributed by atoms with E-state index >= 15 is 0 Å². The van der Waals surface area contributed by atoms with Crippen molar-refractivity contribution in [1.29, 1.82) is 0 Å². The van der Waals surface area contributed by atoms with Gasteiger partial charge >= 0.3 is 17.5 Å². The van der Waals surface area contributed by atoms with Crippen LogP contribution < -0.4 is 4.90 Å². The second-order valence-electron chi connectivity index (χ2n) is 6.89. The number of sulfonamides is 1. The van der Waals surface area contributed by atoms with Crippen LogP contribution in [0, 0.1) is 20.2 Å². The van der Waals surface area contributed by atoms with Crippen LogP contribution in [0.4, 0.5) is 21.9 Å². The summed E-state index contributed by atoms with van der Waals surface area (Å²) in [5.74, 6) is 0. The maximum Gasteiger partial charge on any atom is 0.423 e. The smallest absolute Gasteiger partial charge is 0.423 e. The number of hydrogen-bond acceptors (Lipinski definition) is 9. The molecule has 0 fully saturated rings. The highest BCUT2D eigenvalue weighted by atomic mass is 32.2. The third-order valence-electron chi connectivity index (χ3n) is 5.08. The summed E-state index contributed by atoms with van der Waals surface area (Å²) in [6, 6.07) is 0.913. The van der Waals surface area contributed by atoms with Crippen molar-refractivity contribution in [2.45, 2.75) is 64.4 Å². The van der Waals surface area contributed by atoms with Crippen LogP contribution >= 0.6 is 0 Å². The van der Waals surface area contributed by atoms with Gasteiger partial charge in [0.05, 0.1) is 17.0 Å². The molecule has 1 aromatic rings. The lowest BCUT2D eigenvalue weighted by Gasteiger charge is -2.35. The van der Waals surface area contributed by atoms with Gasteiger partial charge in [0.2, 0.25) is 0 Å². The molecule has 0 saturated carbocycles. The summed E-state index contributed by atoms with van der Waals surface area (Å²) < 4.78 is 30.7. The first kappa shape index (κ1) is 26.1. The van der Waals surface area contributed by atoms with Gasteiger partial charge in [-0.2, -0.15) is 0 Å². The highest BCUT2D eigenvalue weighted by molar-refractivity contribution is 7.89. The molecule has 0 heterocycles. The molecule has 0 bridgehead atoms. The monoisotopic (exact) mass is 460 g/mol. The van der Waals surface area contributed by atoms with Crippen molar-refractivity contribution in [2.24, 2.45) is 0 Å². The first-order chi connectivity index (χ1) is 14.4. The van der Waals surface area contributed by atoms with Crippen LogP contribution in [0.1, 0.15) is 47.5 Å². The Hall–Kier alpha value is -2.96. The number of amides is 1. The van der Waals surface area contributed by atoms with E-state index in [1.54, 1.807) is 18.7 Å². The van der Waals surface area contributed by atoms with Crippen molar-refractivity contribution in [3.8, 4) is 0 Å². The number of nitro benzene ring substituents is 2. The van der Waals surface area contributed by atoms with Gasteiger partial charge in [0.1, 0.15) is 4.90 Å². The molecule has 1 aromatic carbocycles. The maximum absolute atomic E-state index is 12.9. The van der Waals surface area contributed by atoms with Crippen molar-refractivity contribution in [3.05, 3.63) is 32.4 Å². The number of ether oxygens (including phenoxy) is 1. The fourth-order valence-electron chi connectivity index (χ4n) is 3.17. The number of hydrogen-bond donors (Lipinski definition) is 0. The molecule has 2 atom stereocenters. The number of carbonyl (C=O) groups is 1. The van der Waals surface area contributed by atoms with Crippen LogP contribution in [0.15, 0.2) is 17.0 Å². The summed E-state index contributed by atoms with van der Waals surface area (Å²) in [7, 11) is -3.66. The molecule has 0 aliphatic carbocycles. The van der Waals surface area contributed by atoms with Gasteiger partial charge in [-0.05, 0) is 33.6 Å². The molecule has 2 unspecified atom stereocenters. The highest BCUT2D eigenvalue weighted by Gasteiger charge is 2.39. The normalized spacial score (nSPS) is 13.2. The fourth-order valence-corrected chi connectivity index (χ4v) is 4.55. The summed E-state index contributed by atoms with van der Waals surface area (Å²) in [6.45, 7) is 8.27. The molecule has 0 N–H and O–H groups in total. The molecule has 0 radical (unpaired) electrons. The lowest BCUT2D eigenvalue weighted by atomic mass is 10.1. The maximum atomic E-state index is 12.9. The van der Waals surface area contributed by atoms with E-state index in [-0.39, 0.29) is 24.3 Å². The van der Waals surface area contributed by atoms with E-state index in [0.29, 0.717) is 17.1 Å². The molecule has 174 valence electrons. The zero-order valence-electron chi connectivity index (χ0n) is 18.4. The minimum absolute atomic E-state index is 0.265. The van der Waals surface area contributed by atoms with E-state index in [4.69, 9.17) is 0 Å². The van der Waals surface area contributed by atoms with Gasteiger partial charge < -0.3 is 9.64 Å². The summed E-state index contributed by atoms with van der Waals surface area (Å²) in [6.07, 6.45) is -0.118. The number of methoxy groups -OCH3 is 1. The summed E-state index contributed by atoms with van der Waals surface area (Å²) in [4.78, 5) is 34.8. The summed E-state index contributed by atoms with van der Waals surface area (Å²) >= 11 is 0. The molecule has 0 aliphatic heterocycles. The van der Waals surface area contributed by atoms with Crippen LogP contribution in [0.3, 0.4) is 0 Å². The molecule has 0 aromatic heterocycles. The molecule has 12 nitrogen and oxygen atoms in total. The first-order valence-corrected chi connectivity index (χ1v) is 11.2. The Kier molecular flexibility index (Phi) is 8.73. The van der Waals surface area contributed by atoms with Crippen molar-refractivity contribution in [3.63, 3.8) is 0 Å². The van der Waals surface area contributed by atoms with E-state index in [1.165, 1.54) is 6.92 Å². The number of benzene rings is 1. The molecule has 0 aliphatic rings. The Morgan fingerprint density at radius 2 is 1.45 bits per heavy atom. The number of anilines is 1. The van der Waals surface area contributed by atoms with Crippen molar-refractivity contribution >= 4 is 33.2 Å². The lowest BCUT2D eigenvalue weighted by Crippen LogP contribution is -2.41. The predicted octanol–water partition coefficient (Wildman–Crippen LogP) is 3.68. The van der Waals surface area contributed by atoms with Crippen LogP contribution in [-0.2, 0) is 14.8 Å². The van der Waals surface area contributed by atoms with Gasteiger partial charge in [-0.3, -0.25) is 20.2 Å². The van der Waals surface area contributed by atoms with E-state index in [0.717, 1.165) is 19.2 Å². The minimum Gasteiger partial charge on any atom is -0.452 e. The Morgan fingerprint density at radius 1 is 1.03 bits per heavy atom. The SMILES string of the molecule is CCC(C)N(c1c([N+](=O)[O-])cc(S(=O)(=O)N(CC)C(=O)OC)cc1[N+](=O)[O-])C(C)CC. The third kappa shape index (κ3) is 5.21. The number of nitrogens with zero attached hydrogens (tertiary/aromatic N) is 4. The topological polar surface area (TPSA) is 153 Å². The van der Waals surface area contributed by atoms with Gasteiger partial charge in [-0.25, -0.2) is 17.5 Å². The molecule has 1 amide bonds. The Bertz CT molecular complexity index is 905. The fraction of sp³-hybridized carbons (Fsp3) is 0.611. The van der Waals surface area contributed by atoms with Crippen molar-refractivity contribution in [1.82, 2.24) is 4.31 Å². The van der Waals surface area contributed by atoms with Gasteiger partial charge in [0.25, 0.3) is 10.0 Å². The summed E-state index contributed by atoms with van der Waals surface area (Å²) in [5, 5.41) is 23.8. The zero-order chi connectivity index (χ0) is 24.1. The van der Waals surface area contributed by atoms with Crippen LogP contribution in [0.2, 0.25) is 0 Å². The van der Waals surface area contributed by atoms with Crippen LogP contribution in [-0.4, -0.2) is 54.4 Å². The average molecular weight is 461 g/mol. The highest BCUT2D eigenvalue weighted by Crippen LogP contribution is 2.43. The van der Waals surface area contributed by atoms with E-state index in [9.17, 15) is 33.4 Å². The first-order valence-electron chi connectivity index (χ1n) is 9.74. The quantitative estimate of drug-likeness (QED) is 0.375. The van der Waals surface area contributed by atoms with Gasteiger partial charge in [-0.1, -0.05) is 13.8 Å². The Labute approximate surface area is 181 Å². The molecule has 31 heavy (non-hydrogen) atoms. The van der Waals surface area contributed by atoms with E-state index < -0.39 is 42.2 Å². The largest absolute Gasteiger partial charge is 0.452 e. The summed E-state index contributed by atoms with van der Waals surface area (Å²) in [5.41, 5.74) is -1.72. The van der Waals surface area contributed by atoms with E-state index in [2.05, 4.69) is 4.74 Å². The second kappa shape index (κ2) is 10.4.